The molecule has 0 radical (unpaired) electrons. The van der Waals surface area contributed by atoms with Gasteiger partial charge in [-0.15, -0.1) is 0 Å². The number of halogens is 1. The van der Waals surface area contributed by atoms with E-state index < -0.39 is 19.1 Å². The summed E-state index contributed by atoms with van der Waals surface area (Å²) in [4.78, 5) is 26.8. The number of benzene rings is 2. The molecule has 2 aromatic rings. The van der Waals surface area contributed by atoms with Crippen molar-refractivity contribution in [3.8, 4) is 0 Å². The lowest BCUT2D eigenvalue weighted by molar-refractivity contribution is -0.199. The van der Waals surface area contributed by atoms with Gasteiger partial charge in [-0.2, -0.15) is 0 Å². The van der Waals surface area contributed by atoms with Gasteiger partial charge in [0.2, 0.25) is 5.91 Å². The van der Waals surface area contributed by atoms with Crippen LogP contribution in [0.25, 0.3) is 10.8 Å². The van der Waals surface area contributed by atoms with Crippen molar-refractivity contribution in [1.82, 2.24) is 5.32 Å². The maximum atomic E-state index is 13.6. The lowest BCUT2D eigenvalue weighted by Gasteiger charge is -2.64. The van der Waals surface area contributed by atoms with Crippen LogP contribution >= 0.6 is 15.9 Å². The van der Waals surface area contributed by atoms with Crippen molar-refractivity contribution in [1.29, 1.82) is 0 Å². The van der Waals surface area contributed by atoms with Crippen LogP contribution in [0.4, 0.5) is 0 Å². The van der Waals surface area contributed by atoms with Gasteiger partial charge in [0, 0.05) is 16.5 Å². The Morgan fingerprint density at radius 1 is 1.10 bits per heavy atom. The first-order chi connectivity index (χ1) is 18.3. The number of hydrogen-bond donors (Lipinski definition) is 2. The van der Waals surface area contributed by atoms with Crippen LogP contribution in [0, 0.1) is 29.1 Å². The average molecular weight is 598 g/mol. The minimum atomic E-state index is -0.983. The topological polar surface area (TPSA) is 84.9 Å². The molecule has 4 aliphatic rings. The summed E-state index contributed by atoms with van der Waals surface area (Å²) in [5, 5.41) is 15.7. The van der Waals surface area contributed by atoms with E-state index in [1.54, 1.807) is 13.0 Å². The SMILES string of the molecule is CC(C)C[C@H](NC(=O)[C@@H](CC(=O)c1ccc2cc(Br)ccc2c1)[C@@H](C)O)B1O[C@@H]2C[C@@H]3C[C@@H](C3(C)C)[C@]2(C)O1. The Labute approximate surface area is 240 Å². The highest BCUT2D eigenvalue weighted by molar-refractivity contribution is 9.10. The molecule has 2 aromatic carbocycles. The molecule has 1 aliphatic heterocycles. The second-order valence-corrected chi connectivity index (χ2v) is 14.2. The van der Waals surface area contributed by atoms with E-state index in [1.165, 1.54) is 0 Å². The summed E-state index contributed by atoms with van der Waals surface area (Å²) >= 11 is 3.48. The maximum Gasteiger partial charge on any atom is 0.481 e. The highest BCUT2D eigenvalue weighted by Gasteiger charge is 2.68. The predicted octanol–water partition coefficient (Wildman–Crippen LogP) is 5.97. The van der Waals surface area contributed by atoms with E-state index in [0.29, 0.717) is 29.7 Å². The standard InChI is InChI=1S/C31H41BBrNO5/c1-17(2)11-28(32-38-27-15-22-14-26(30(22,4)5)31(27,6)39-32)34-29(37)24(18(3)35)16-25(36)21-8-7-20-13-23(33)10-9-19(20)12-21/h7-10,12-13,17-18,22,24,26-28,35H,11,14-16H2,1-6H3,(H,34,37)/t18-,22+,24+,26+,27-,28+,31+/m1/s1. The van der Waals surface area contributed by atoms with Crippen LogP contribution in [0.2, 0.25) is 0 Å². The van der Waals surface area contributed by atoms with Gasteiger partial charge in [-0.3, -0.25) is 9.59 Å². The Kier molecular flexibility index (Phi) is 7.81. The zero-order valence-corrected chi connectivity index (χ0v) is 25.5. The maximum absolute atomic E-state index is 13.6. The number of carbonyl (C=O) groups excluding carboxylic acids is 2. The van der Waals surface area contributed by atoms with Crippen LogP contribution in [0.1, 0.15) is 77.6 Å². The molecule has 2 bridgehead atoms. The number of Topliss-reactive ketones (excluding diaryl/α,β-unsaturated/α-hetero) is 1. The van der Waals surface area contributed by atoms with Gasteiger partial charge < -0.3 is 19.7 Å². The van der Waals surface area contributed by atoms with Gasteiger partial charge in [-0.1, -0.05) is 61.8 Å². The van der Waals surface area contributed by atoms with Crippen molar-refractivity contribution in [3.05, 3.63) is 46.4 Å². The lowest BCUT2D eigenvalue weighted by Crippen LogP contribution is -2.65. The third-order valence-corrected chi connectivity index (χ3v) is 10.3. The minimum Gasteiger partial charge on any atom is -0.404 e. The van der Waals surface area contributed by atoms with Gasteiger partial charge in [-0.25, -0.2) is 0 Å². The van der Waals surface area contributed by atoms with E-state index in [2.05, 4.69) is 55.9 Å². The molecule has 2 N–H and O–H groups in total. The molecule has 4 fully saturated rings. The van der Waals surface area contributed by atoms with Gasteiger partial charge in [-0.05, 0) is 85.3 Å². The van der Waals surface area contributed by atoms with E-state index in [9.17, 15) is 14.7 Å². The first-order valence-electron chi connectivity index (χ1n) is 14.3. The number of fused-ring (bicyclic) bond motifs is 1. The van der Waals surface area contributed by atoms with Crippen LogP contribution in [0.3, 0.4) is 0 Å². The van der Waals surface area contributed by atoms with Crippen molar-refractivity contribution in [2.45, 2.75) is 91.0 Å². The van der Waals surface area contributed by atoms with E-state index in [1.807, 2.05) is 30.3 Å². The fraction of sp³-hybridized carbons (Fsp3) is 0.613. The molecular weight excluding hydrogens is 557 g/mol. The third kappa shape index (κ3) is 5.34. The zero-order chi connectivity index (χ0) is 28.3. The van der Waals surface area contributed by atoms with Crippen LogP contribution < -0.4 is 5.32 Å². The summed E-state index contributed by atoms with van der Waals surface area (Å²) < 4.78 is 14.1. The first kappa shape index (κ1) is 28.8. The molecule has 6 rings (SSSR count). The van der Waals surface area contributed by atoms with Crippen LogP contribution in [0.5, 0.6) is 0 Å². The molecule has 0 spiro atoms. The summed E-state index contributed by atoms with van der Waals surface area (Å²) in [6.45, 7) is 12.6. The molecule has 3 saturated carbocycles. The Morgan fingerprint density at radius 3 is 2.46 bits per heavy atom. The zero-order valence-electron chi connectivity index (χ0n) is 23.9. The number of aliphatic hydroxyl groups excluding tert-OH is 1. The molecule has 0 aromatic heterocycles. The Bertz CT molecular complexity index is 1260. The Hall–Kier alpha value is -1.74. The predicted molar refractivity (Wildman–Crippen MR) is 157 cm³/mol. The smallest absolute Gasteiger partial charge is 0.404 e. The second-order valence-electron chi connectivity index (χ2n) is 13.3. The summed E-state index contributed by atoms with van der Waals surface area (Å²) in [7, 11) is -0.549. The van der Waals surface area contributed by atoms with Crippen molar-refractivity contribution in [2.24, 2.45) is 29.1 Å². The molecule has 1 amide bonds. The van der Waals surface area contributed by atoms with Crippen molar-refractivity contribution < 1.29 is 24.0 Å². The normalized spacial score (nSPS) is 29.5. The molecule has 8 heteroatoms. The van der Waals surface area contributed by atoms with Crippen molar-refractivity contribution in [3.63, 3.8) is 0 Å². The number of carbonyl (C=O) groups is 2. The minimum absolute atomic E-state index is 0.0218. The second kappa shape index (κ2) is 10.6. The Morgan fingerprint density at radius 2 is 1.79 bits per heavy atom. The first-order valence-corrected chi connectivity index (χ1v) is 15.1. The van der Waals surface area contributed by atoms with Gasteiger partial charge in [0.1, 0.15) is 0 Å². The molecule has 7 atom stereocenters. The summed E-state index contributed by atoms with van der Waals surface area (Å²) in [6, 6.07) is 11.4. The molecule has 39 heavy (non-hydrogen) atoms. The number of amides is 1. The van der Waals surface area contributed by atoms with Gasteiger partial charge in [0.15, 0.2) is 5.78 Å². The van der Waals surface area contributed by atoms with E-state index >= 15 is 0 Å². The number of ketones is 1. The van der Waals surface area contributed by atoms with Gasteiger partial charge >= 0.3 is 7.12 Å². The molecule has 1 heterocycles. The fourth-order valence-corrected chi connectivity index (χ4v) is 7.68. The van der Waals surface area contributed by atoms with Gasteiger partial charge in [0.05, 0.1) is 29.7 Å². The summed E-state index contributed by atoms with van der Waals surface area (Å²) in [5.41, 5.74) is 0.397. The number of rotatable bonds is 9. The molecular formula is C31H41BBrNO5. The fourth-order valence-electron chi connectivity index (χ4n) is 7.30. The molecule has 0 unspecified atom stereocenters. The molecule has 210 valence electrons. The van der Waals surface area contributed by atoms with E-state index in [4.69, 9.17) is 9.31 Å². The molecule has 6 nitrogen and oxygen atoms in total. The van der Waals surface area contributed by atoms with Crippen LogP contribution in [0.15, 0.2) is 40.9 Å². The molecule has 3 aliphatic carbocycles. The highest BCUT2D eigenvalue weighted by atomic mass is 79.9. The van der Waals surface area contributed by atoms with Gasteiger partial charge in [0.25, 0.3) is 0 Å². The van der Waals surface area contributed by atoms with Crippen LogP contribution in [-0.2, 0) is 14.1 Å². The Balaban J connectivity index is 1.30. The molecule has 1 saturated heterocycles. The van der Waals surface area contributed by atoms with E-state index in [-0.39, 0.29) is 41.2 Å². The largest absolute Gasteiger partial charge is 0.481 e. The highest BCUT2D eigenvalue weighted by Crippen LogP contribution is 2.65. The number of hydrogen-bond acceptors (Lipinski definition) is 5. The lowest BCUT2D eigenvalue weighted by atomic mass is 9.43. The van der Waals surface area contributed by atoms with Crippen molar-refractivity contribution >= 4 is 45.5 Å². The van der Waals surface area contributed by atoms with Crippen molar-refractivity contribution in [2.75, 3.05) is 0 Å². The van der Waals surface area contributed by atoms with E-state index in [0.717, 1.165) is 28.1 Å². The average Bonchev–Trinajstić information content (AvgIpc) is 3.23. The summed E-state index contributed by atoms with van der Waals surface area (Å²) in [5.74, 6) is -0.383. The monoisotopic (exact) mass is 597 g/mol. The third-order valence-electron chi connectivity index (χ3n) is 9.80. The quantitative estimate of drug-likeness (QED) is 0.275. The van der Waals surface area contributed by atoms with Crippen LogP contribution in [-0.4, -0.2) is 47.7 Å². The number of aliphatic hydroxyl groups is 1. The summed E-state index contributed by atoms with van der Waals surface area (Å²) in [6.07, 6.45) is 1.78. The number of nitrogens with one attached hydrogen (secondary N) is 1.